The van der Waals surface area contributed by atoms with Crippen molar-refractivity contribution in [1.29, 1.82) is 5.26 Å². The first-order valence-electron chi connectivity index (χ1n) is 6.96. The van der Waals surface area contributed by atoms with Crippen molar-refractivity contribution < 1.29 is 19.1 Å². The molecule has 0 saturated heterocycles. The highest BCUT2D eigenvalue weighted by molar-refractivity contribution is 9.10. The lowest BCUT2D eigenvalue weighted by atomic mass is 9.76. The summed E-state index contributed by atoms with van der Waals surface area (Å²) >= 11 is 3.34. The van der Waals surface area contributed by atoms with Gasteiger partial charge in [-0.15, -0.1) is 0 Å². The summed E-state index contributed by atoms with van der Waals surface area (Å²) < 4.78 is 10.6. The lowest BCUT2D eigenvalue weighted by Crippen LogP contribution is -2.32. The zero-order valence-corrected chi connectivity index (χ0v) is 14.2. The van der Waals surface area contributed by atoms with E-state index in [4.69, 9.17) is 9.47 Å². The molecule has 0 spiro atoms. The summed E-state index contributed by atoms with van der Waals surface area (Å²) in [6.45, 7) is 3.82. The van der Waals surface area contributed by atoms with E-state index in [1.807, 2.05) is 0 Å². The summed E-state index contributed by atoms with van der Waals surface area (Å²) in [4.78, 5) is 23.8. The van der Waals surface area contributed by atoms with E-state index in [0.29, 0.717) is 5.56 Å². The molecule has 0 amide bonds. The SMILES string of the molecule is CCOC(=O)CC(C#N)(CC(=O)OCC)c1cccc(Br)c1. The van der Waals surface area contributed by atoms with E-state index >= 15 is 0 Å². The van der Waals surface area contributed by atoms with Gasteiger partial charge in [0.05, 0.1) is 32.1 Å². The van der Waals surface area contributed by atoms with Gasteiger partial charge >= 0.3 is 11.9 Å². The summed E-state index contributed by atoms with van der Waals surface area (Å²) in [5, 5.41) is 9.67. The number of carbonyl (C=O) groups is 2. The molecule has 0 aliphatic rings. The fraction of sp³-hybridized carbons (Fsp3) is 0.438. The van der Waals surface area contributed by atoms with E-state index in [0.717, 1.165) is 4.47 Å². The van der Waals surface area contributed by atoms with Crippen LogP contribution < -0.4 is 0 Å². The lowest BCUT2D eigenvalue weighted by Gasteiger charge is -2.25. The van der Waals surface area contributed by atoms with Gasteiger partial charge in [-0.3, -0.25) is 9.59 Å². The number of nitriles is 1. The molecular formula is C16H18BrNO4. The van der Waals surface area contributed by atoms with Crippen LogP contribution in [-0.2, 0) is 24.5 Å². The smallest absolute Gasteiger partial charge is 0.307 e. The van der Waals surface area contributed by atoms with E-state index in [9.17, 15) is 14.9 Å². The van der Waals surface area contributed by atoms with Gasteiger partial charge in [0.15, 0.2) is 0 Å². The molecular weight excluding hydrogens is 350 g/mol. The Labute approximate surface area is 138 Å². The molecule has 0 aromatic heterocycles. The second kappa shape index (κ2) is 8.54. The minimum atomic E-state index is -1.30. The third kappa shape index (κ3) is 4.85. The summed E-state index contributed by atoms with van der Waals surface area (Å²) in [5.41, 5.74) is -0.729. The van der Waals surface area contributed by atoms with Gasteiger partial charge in [-0.05, 0) is 31.5 Å². The van der Waals surface area contributed by atoms with E-state index < -0.39 is 17.4 Å². The summed E-state index contributed by atoms with van der Waals surface area (Å²) in [5.74, 6) is -1.04. The van der Waals surface area contributed by atoms with Crippen LogP contribution in [0.3, 0.4) is 0 Å². The van der Waals surface area contributed by atoms with Crippen molar-refractivity contribution in [3.05, 3.63) is 34.3 Å². The first-order valence-corrected chi connectivity index (χ1v) is 7.75. The average Bonchev–Trinajstić information content (AvgIpc) is 2.47. The van der Waals surface area contributed by atoms with Crippen LogP contribution in [0.5, 0.6) is 0 Å². The van der Waals surface area contributed by atoms with Gasteiger partial charge in [0.25, 0.3) is 0 Å². The van der Waals surface area contributed by atoms with Crippen LogP contribution in [-0.4, -0.2) is 25.2 Å². The molecule has 0 radical (unpaired) electrons. The van der Waals surface area contributed by atoms with Crippen molar-refractivity contribution >= 4 is 27.9 Å². The van der Waals surface area contributed by atoms with Crippen LogP contribution in [0.2, 0.25) is 0 Å². The Morgan fingerprint density at radius 1 is 1.18 bits per heavy atom. The monoisotopic (exact) mass is 367 g/mol. The predicted octanol–water partition coefficient (Wildman–Crippen LogP) is 3.12. The number of halogens is 1. The Morgan fingerprint density at radius 3 is 2.14 bits per heavy atom. The zero-order chi connectivity index (χ0) is 16.6. The summed E-state index contributed by atoms with van der Waals surface area (Å²) in [7, 11) is 0. The molecule has 1 rings (SSSR count). The molecule has 0 N–H and O–H groups in total. The van der Waals surface area contributed by atoms with E-state index in [1.54, 1.807) is 38.1 Å². The normalized spacial score (nSPS) is 10.6. The van der Waals surface area contributed by atoms with Gasteiger partial charge in [0, 0.05) is 4.47 Å². The van der Waals surface area contributed by atoms with E-state index in [1.165, 1.54) is 0 Å². The van der Waals surface area contributed by atoms with Crippen LogP contribution in [0.25, 0.3) is 0 Å². The van der Waals surface area contributed by atoms with Gasteiger partial charge in [-0.1, -0.05) is 28.1 Å². The minimum absolute atomic E-state index is 0.202. The largest absolute Gasteiger partial charge is 0.466 e. The first-order chi connectivity index (χ1) is 10.5. The van der Waals surface area contributed by atoms with Crippen LogP contribution in [0, 0.1) is 11.3 Å². The molecule has 0 bridgehead atoms. The standard InChI is InChI=1S/C16H18BrNO4/c1-3-21-14(19)9-16(11-18,10-15(20)22-4-2)12-6-5-7-13(17)8-12/h5-8H,3-4,9-10H2,1-2H3. The highest BCUT2D eigenvalue weighted by Crippen LogP contribution is 2.33. The van der Waals surface area contributed by atoms with Crippen molar-refractivity contribution in [3.63, 3.8) is 0 Å². The molecule has 1 aromatic carbocycles. The minimum Gasteiger partial charge on any atom is -0.466 e. The van der Waals surface area contributed by atoms with Crippen LogP contribution in [0.1, 0.15) is 32.3 Å². The van der Waals surface area contributed by atoms with Crippen molar-refractivity contribution in [2.75, 3.05) is 13.2 Å². The van der Waals surface area contributed by atoms with Crippen molar-refractivity contribution in [2.45, 2.75) is 32.1 Å². The first kappa shape index (κ1) is 18.2. The Hall–Kier alpha value is -1.87. The van der Waals surface area contributed by atoms with E-state index in [2.05, 4.69) is 22.0 Å². The Bertz CT molecular complexity index is 560. The van der Waals surface area contributed by atoms with Crippen molar-refractivity contribution in [1.82, 2.24) is 0 Å². The number of carbonyl (C=O) groups excluding carboxylic acids is 2. The van der Waals surface area contributed by atoms with Gasteiger partial charge in [0.2, 0.25) is 0 Å². The fourth-order valence-corrected chi connectivity index (χ4v) is 2.51. The molecule has 22 heavy (non-hydrogen) atoms. The molecule has 0 aliphatic carbocycles. The second-order valence-electron chi connectivity index (χ2n) is 4.67. The number of rotatable bonds is 7. The van der Waals surface area contributed by atoms with Crippen LogP contribution in [0.4, 0.5) is 0 Å². The number of hydrogen-bond donors (Lipinski definition) is 0. The molecule has 118 valence electrons. The van der Waals surface area contributed by atoms with Gasteiger partial charge in [0.1, 0.15) is 5.41 Å². The lowest BCUT2D eigenvalue weighted by molar-refractivity contribution is -0.146. The molecule has 0 atom stereocenters. The molecule has 0 saturated carbocycles. The van der Waals surface area contributed by atoms with Gasteiger partial charge in [-0.25, -0.2) is 0 Å². The molecule has 0 aliphatic heterocycles. The summed E-state index contributed by atoms with van der Waals surface area (Å²) in [6, 6.07) is 9.11. The van der Waals surface area contributed by atoms with Crippen molar-refractivity contribution in [3.8, 4) is 6.07 Å². The number of nitrogens with zero attached hydrogens (tertiary/aromatic N) is 1. The van der Waals surface area contributed by atoms with Gasteiger partial charge in [-0.2, -0.15) is 5.26 Å². The quantitative estimate of drug-likeness (QED) is 0.692. The Kier molecular flexibility index (Phi) is 7.06. The van der Waals surface area contributed by atoms with Crippen LogP contribution in [0.15, 0.2) is 28.7 Å². The average molecular weight is 368 g/mol. The number of benzene rings is 1. The molecule has 0 heterocycles. The maximum Gasteiger partial charge on any atom is 0.307 e. The van der Waals surface area contributed by atoms with Crippen molar-refractivity contribution in [2.24, 2.45) is 0 Å². The maximum atomic E-state index is 11.9. The topological polar surface area (TPSA) is 76.4 Å². The molecule has 1 aromatic rings. The maximum absolute atomic E-state index is 11.9. The molecule has 5 nitrogen and oxygen atoms in total. The molecule has 0 fully saturated rings. The Balaban J connectivity index is 3.19. The predicted molar refractivity (Wildman–Crippen MR) is 83.9 cm³/mol. The third-order valence-corrected chi connectivity index (χ3v) is 3.59. The summed E-state index contributed by atoms with van der Waals surface area (Å²) in [6.07, 6.45) is -0.404. The number of esters is 2. The Morgan fingerprint density at radius 2 is 1.73 bits per heavy atom. The number of hydrogen-bond acceptors (Lipinski definition) is 5. The van der Waals surface area contributed by atoms with E-state index in [-0.39, 0.29) is 26.1 Å². The fourth-order valence-electron chi connectivity index (χ4n) is 2.11. The third-order valence-electron chi connectivity index (χ3n) is 3.09. The highest BCUT2D eigenvalue weighted by atomic mass is 79.9. The molecule has 0 unspecified atom stereocenters. The van der Waals surface area contributed by atoms with Crippen LogP contribution >= 0.6 is 15.9 Å². The van der Waals surface area contributed by atoms with Gasteiger partial charge < -0.3 is 9.47 Å². The zero-order valence-electron chi connectivity index (χ0n) is 12.6. The number of ether oxygens (including phenoxy) is 2. The highest BCUT2D eigenvalue weighted by Gasteiger charge is 2.39. The molecule has 6 heteroatoms. The second-order valence-corrected chi connectivity index (χ2v) is 5.58.